The number of cyclic esters (lactones) is 1. The van der Waals surface area contributed by atoms with Gasteiger partial charge in [0.2, 0.25) is 5.60 Å². The number of rotatable bonds is 4. The van der Waals surface area contributed by atoms with Gasteiger partial charge >= 0.3 is 17.9 Å². The van der Waals surface area contributed by atoms with Crippen molar-refractivity contribution < 1.29 is 43.9 Å². The minimum Gasteiger partial charge on any atom is -0.463 e. The normalized spacial score (nSPS) is 44.6. The van der Waals surface area contributed by atoms with Crippen molar-refractivity contribution >= 4 is 33.8 Å². The van der Waals surface area contributed by atoms with Crippen LogP contribution in [0.2, 0.25) is 0 Å². The third-order valence-corrected chi connectivity index (χ3v) is 9.40. The number of fused-ring (bicyclic) bond motifs is 4. The summed E-state index contributed by atoms with van der Waals surface area (Å²) in [5.41, 5.74) is -6.71. The van der Waals surface area contributed by atoms with Crippen LogP contribution in [0.25, 0.3) is 0 Å². The summed E-state index contributed by atoms with van der Waals surface area (Å²) in [6, 6.07) is 7.50. The molecule has 184 valence electrons. The number of halogens is 1. The number of aliphatic hydroxyl groups is 3. The molecule has 1 aromatic rings. The molecular weight excluding hydrogens is 512 g/mol. The van der Waals surface area contributed by atoms with Gasteiger partial charge in [0.05, 0.1) is 5.41 Å². The zero-order valence-electron chi connectivity index (χ0n) is 18.8. The predicted octanol–water partition coefficient (Wildman–Crippen LogP) is 1.03. The van der Waals surface area contributed by atoms with Gasteiger partial charge in [-0.1, -0.05) is 35.0 Å². The molecule has 34 heavy (non-hydrogen) atoms. The van der Waals surface area contributed by atoms with Crippen LogP contribution in [0.5, 0.6) is 0 Å². The van der Waals surface area contributed by atoms with E-state index in [-0.39, 0.29) is 25.9 Å². The molecule has 5 rings (SSSR count). The summed E-state index contributed by atoms with van der Waals surface area (Å²) in [6.07, 6.45) is -3.75. The molecule has 2 aliphatic carbocycles. The number of aryl methyl sites for hydroxylation is 1. The smallest absolute Gasteiger partial charge is 0.342 e. The summed E-state index contributed by atoms with van der Waals surface area (Å²) in [5, 5.41) is 34.9. The average molecular weight is 539 g/mol. The van der Waals surface area contributed by atoms with Gasteiger partial charge < -0.3 is 29.5 Å². The van der Waals surface area contributed by atoms with Crippen LogP contribution < -0.4 is 0 Å². The molecule has 3 N–H and O–H groups in total. The standard InChI is InChI=1S/C24H27BrO9/c1-12-9-15(33-17(26)8-5-13-3-6-14(25)7-4-13)24(31)21(2)11-32-20(29)23(21,30)16-10-22(12,24)18(27)19(28)34-16/h3-4,6-7,12,15-16,18,27,30-31H,5,8-11H2,1-2H3/t12-,15-,16-,18+,21-,22+,23-,24+/m1/s1. The van der Waals surface area contributed by atoms with Crippen LogP contribution in [0.15, 0.2) is 28.7 Å². The van der Waals surface area contributed by atoms with Crippen LogP contribution in [0.4, 0.5) is 0 Å². The van der Waals surface area contributed by atoms with Crippen molar-refractivity contribution in [3.63, 3.8) is 0 Å². The van der Waals surface area contributed by atoms with E-state index in [4.69, 9.17) is 14.2 Å². The molecule has 8 atom stereocenters. The number of hydrogen-bond donors (Lipinski definition) is 3. The molecule has 4 aliphatic rings. The van der Waals surface area contributed by atoms with Crippen LogP contribution in [0.3, 0.4) is 0 Å². The quantitative estimate of drug-likeness (QED) is 0.378. The van der Waals surface area contributed by atoms with Crippen molar-refractivity contribution in [2.75, 3.05) is 6.61 Å². The van der Waals surface area contributed by atoms with Gasteiger partial charge in [0.1, 0.15) is 24.4 Å². The van der Waals surface area contributed by atoms with E-state index in [2.05, 4.69) is 15.9 Å². The maximum absolute atomic E-state index is 12.9. The lowest BCUT2D eigenvalue weighted by Crippen LogP contribution is -2.82. The molecule has 1 spiro atoms. The van der Waals surface area contributed by atoms with Crippen molar-refractivity contribution in [3.05, 3.63) is 34.3 Å². The Labute approximate surface area is 204 Å². The maximum atomic E-state index is 12.9. The van der Waals surface area contributed by atoms with E-state index in [0.717, 1.165) is 10.0 Å². The largest absolute Gasteiger partial charge is 0.463 e. The molecule has 0 radical (unpaired) electrons. The van der Waals surface area contributed by atoms with Gasteiger partial charge in [-0.25, -0.2) is 9.59 Å². The average Bonchev–Trinajstić information content (AvgIpc) is 3.17. The van der Waals surface area contributed by atoms with E-state index in [9.17, 15) is 29.7 Å². The predicted molar refractivity (Wildman–Crippen MR) is 118 cm³/mol. The van der Waals surface area contributed by atoms with Crippen LogP contribution >= 0.6 is 15.9 Å². The Morgan fingerprint density at radius 1 is 1.24 bits per heavy atom. The zero-order valence-corrected chi connectivity index (χ0v) is 20.4. The SMILES string of the molecule is C[C@@H]1C[C@@H](OC(=O)CCc2ccc(Br)cc2)[C@@]2(O)[C@@]13C[C@@H](OC(=O)[C@@H]3O)[C@@]1(O)C(=O)OC[C@@]21C. The molecule has 0 amide bonds. The molecule has 2 saturated heterocycles. The Bertz CT molecular complexity index is 1060. The lowest BCUT2D eigenvalue weighted by Gasteiger charge is -2.64. The van der Waals surface area contributed by atoms with Gasteiger partial charge in [-0.3, -0.25) is 4.79 Å². The van der Waals surface area contributed by atoms with E-state index >= 15 is 0 Å². The molecule has 10 heteroatoms. The van der Waals surface area contributed by atoms with E-state index in [1.54, 1.807) is 6.92 Å². The minimum atomic E-state index is -2.34. The second-order valence-corrected chi connectivity index (χ2v) is 11.2. The van der Waals surface area contributed by atoms with Gasteiger partial charge in [-0.15, -0.1) is 0 Å². The highest BCUT2D eigenvalue weighted by Crippen LogP contribution is 2.72. The number of carbonyl (C=O) groups is 3. The Kier molecular flexibility index (Phi) is 5.23. The number of carbonyl (C=O) groups excluding carboxylic acids is 3. The third-order valence-electron chi connectivity index (χ3n) is 8.87. The Hall–Kier alpha value is -2.01. The summed E-state index contributed by atoms with van der Waals surface area (Å²) in [5.74, 6) is -3.09. The number of benzene rings is 1. The lowest BCUT2D eigenvalue weighted by atomic mass is 9.44. The van der Waals surface area contributed by atoms with E-state index in [1.807, 2.05) is 24.3 Å². The molecule has 2 bridgehead atoms. The highest BCUT2D eigenvalue weighted by atomic mass is 79.9. The number of esters is 3. The Morgan fingerprint density at radius 2 is 1.91 bits per heavy atom. The first-order valence-corrected chi connectivity index (χ1v) is 12.2. The van der Waals surface area contributed by atoms with Crippen molar-refractivity contribution in [2.24, 2.45) is 16.7 Å². The van der Waals surface area contributed by atoms with Gasteiger partial charge in [0.25, 0.3) is 0 Å². The molecule has 9 nitrogen and oxygen atoms in total. The monoisotopic (exact) mass is 538 g/mol. The minimum absolute atomic E-state index is 0.0409. The van der Waals surface area contributed by atoms with E-state index < -0.39 is 64.2 Å². The molecule has 2 saturated carbocycles. The van der Waals surface area contributed by atoms with Crippen LogP contribution in [0, 0.1) is 16.7 Å². The first kappa shape index (κ1) is 23.7. The number of hydrogen-bond acceptors (Lipinski definition) is 9. The van der Waals surface area contributed by atoms with E-state index in [0.29, 0.717) is 6.42 Å². The zero-order chi connectivity index (χ0) is 24.7. The topological polar surface area (TPSA) is 140 Å². The molecule has 2 aliphatic heterocycles. The molecule has 0 aromatic heterocycles. The Morgan fingerprint density at radius 3 is 2.59 bits per heavy atom. The molecule has 1 aromatic carbocycles. The molecular formula is C24H27BrO9. The number of aliphatic hydroxyl groups excluding tert-OH is 1. The van der Waals surface area contributed by atoms with Crippen LogP contribution in [-0.2, 0) is 35.0 Å². The molecule has 0 unspecified atom stereocenters. The first-order valence-electron chi connectivity index (χ1n) is 11.4. The molecule has 4 fully saturated rings. The summed E-state index contributed by atoms with van der Waals surface area (Å²) in [4.78, 5) is 38.2. The van der Waals surface area contributed by atoms with Crippen molar-refractivity contribution in [1.29, 1.82) is 0 Å². The summed E-state index contributed by atoms with van der Waals surface area (Å²) < 4.78 is 17.2. The van der Waals surface area contributed by atoms with Gasteiger partial charge in [0, 0.05) is 16.3 Å². The fourth-order valence-electron chi connectivity index (χ4n) is 6.98. The van der Waals surface area contributed by atoms with Crippen LogP contribution in [0.1, 0.15) is 38.7 Å². The highest BCUT2D eigenvalue weighted by Gasteiger charge is 2.88. The molecule has 2 heterocycles. The van der Waals surface area contributed by atoms with Crippen LogP contribution in [-0.4, -0.2) is 69.3 Å². The van der Waals surface area contributed by atoms with Gasteiger partial charge in [0.15, 0.2) is 6.10 Å². The highest BCUT2D eigenvalue weighted by molar-refractivity contribution is 9.10. The second-order valence-electron chi connectivity index (χ2n) is 10.3. The lowest BCUT2D eigenvalue weighted by molar-refractivity contribution is -0.334. The first-order chi connectivity index (χ1) is 15.9. The summed E-state index contributed by atoms with van der Waals surface area (Å²) in [7, 11) is 0. The fourth-order valence-corrected chi connectivity index (χ4v) is 7.24. The summed E-state index contributed by atoms with van der Waals surface area (Å²) in [6.45, 7) is 2.84. The summed E-state index contributed by atoms with van der Waals surface area (Å²) >= 11 is 3.37. The van der Waals surface area contributed by atoms with Crippen molar-refractivity contribution in [2.45, 2.75) is 69.0 Å². The Balaban J connectivity index is 1.49. The van der Waals surface area contributed by atoms with Crippen molar-refractivity contribution in [1.82, 2.24) is 0 Å². The van der Waals surface area contributed by atoms with E-state index in [1.165, 1.54) is 6.92 Å². The fraction of sp³-hybridized carbons (Fsp3) is 0.625. The van der Waals surface area contributed by atoms with Gasteiger partial charge in [-0.2, -0.15) is 0 Å². The maximum Gasteiger partial charge on any atom is 0.342 e. The van der Waals surface area contributed by atoms with Gasteiger partial charge in [-0.05, 0) is 49.8 Å². The van der Waals surface area contributed by atoms with Crippen molar-refractivity contribution in [3.8, 4) is 0 Å². The second kappa shape index (κ2) is 7.49. The third kappa shape index (κ3) is 2.68. The number of ether oxygens (including phenoxy) is 3.